The second kappa shape index (κ2) is 6.22. The van der Waals surface area contributed by atoms with E-state index in [0.717, 1.165) is 29.9 Å². The molecule has 4 fully saturated rings. The molecule has 2 N–H and O–H groups in total. The van der Waals surface area contributed by atoms with Crippen LogP contribution in [0.5, 0.6) is 0 Å². The number of benzene rings is 1. The van der Waals surface area contributed by atoms with Crippen LogP contribution in [0.15, 0.2) is 35.4 Å². The Morgan fingerprint density at radius 2 is 1.44 bits per heavy atom. The van der Waals surface area contributed by atoms with Crippen molar-refractivity contribution in [3.63, 3.8) is 0 Å². The molecule has 0 saturated heterocycles. The minimum atomic E-state index is -0.963. The molecule has 0 spiro atoms. The smallest absolute Gasteiger partial charge is 0.332 e. The third-order valence-corrected chi connectivity index (χ3v) is 7.54. The Labute approximate surface area is 160 Å². The summed E-state index contributed by atoms with van der Waals surface area (Å²) in [6.07, 6.45) is 10.1. The number of rotatable bonds is 4. The molecule has 5 aliphatic carbocycles. The highest BCUT2D eigenvalue weighted by molar-refractivity contribution is 6.09. The number of carboxylic acid groups (broad SMARTS) is 1. The van der Waals surface area contributed by atoms with Gasteiger partial charge in [0.25, 0.3) is 5.91 Å². The van der Waals surface area contributed by atoms with Gasteiger partial charge in [-0.05, 0) is 98.7 Å². The molecule has 0 aromatic heterocycles. The summed E-state index contributed by atoms with van der Waals surface area (Å²) in [5.41, 5.74) is 3.27. The normalized spacial score (nSPS) is 34.1. The van der Waals surface area contributed by atoms with Gasteiger partial charge in [-0.25, -0.2) is 4.79 Å². The lowest BCUT2D eigenvalue weighted by Crippen LogP contribution is -2.48. The second-order valence-electron chi connectivity index (χ2n) is 9.35. The van der Waals surface area contributed by atoms with Crippen molar-refractivity contribution in [3.8, 4) is 0 Å². The van der Waals surface area contributed by atoms with E-state index in [4.69, 9.17) is 0 Å². The molecule has 4 heteroatoms. The number of hydrogen-bond donors (Lipinski definition) is 2. The molecule has 4 bridgehead atoms. The molecule has 4 nitrogen and oxygen atoms in total. The van der Waals surface area contributed by atoms with E-state index in [1.807, 2.05) is 12.1 Å². The fourth-order valence-corrected chi connectivity index (χ4v) is 6.81. The SMILES string of the molecule is O=C(O)C1=C(C(=O)Nc2ccc(C34CC5CC(CC(C5)C3)C4)cc2)CCC1. The van der Waals surface area contributed by atoms with Gasteiger partial charge < -0.3 is 10.4 Å². The highest BCUT2D eigenvalue weighted by atomic mass is 16.4. The van der Waals surface area contributed by atoms with Gasteiger partial charge in [-0.15, -0.1) is 0 Å². The van der Waals surface area contributed by atoms with Gasteiger partial charge in [0.2, 0.25) is 0 Å². The topological polar surface area (TPSA) is 66.4 Å². The maximum Gasteiger partial charge on any atom is 0.332 e. The van der Waals surface area contributed by atoms with E-state index in [9.17, 15) is 14.7 Å². The summed E-state index contributed by atoms with van der Waals surface area (Å²) < 4.78 is 0. The summed E-state index contributed by atoms with van der Waals surface area (Å²) in [4.78, 5) is 23.8. The van der Waals surface area contributed by atoms with E-state index in [1.165, 1.54) is 44.1 Å². The number of amides is 1. The fourth-order valence-electron chi connectivity index (χ4n) is 6.81. The van der Waals surface area contributed by atoms with E-state index in [0.29, 0.717) is 23.8 Å². The van der Waals surface area contributed by atoms with Crippen molar-refractivity contribution in [2.45, 2.75) is 63.2 Å². The van der Waals surface area contributed by atoms with Gasteiger partial charge in [0.1, 0.15) is 0 Å². The largest absolute Gasteiger partial charge is 0.478 e. The maximum atomic E-state index is 12.5. The predicted octanol–water partition coefficient (Wildman–Crippen LogP) is 4.66. The summed E-state index contributed by atoms with van der Waals surface area (Å²) in [6, 6.07) is 8.40. The molecule has 6 rings (SSSR count). The molecule has 27 heavy (non-hydrogen) atoms. The maximum absolute atomic E-state index is 12.5. The van der Waals surface area contributed by atoms with Gasteiger partial charge in [0.05, 0.1) is 0 Å². The molecular weight excluding hydrogens is 338 g/mol. The monoisotopic (exact) mass is 365 g/mol. The lowest BCUT2D eigenvalue weighted by Gasteiger charge is -2.57. The zero-order valence-corrected chi connectivity index (χ0v) is 15.7. The molecule has 0 unspecified atom stereocenters. The fraction of sp³-hybridized carbons (Fsp3) is 0.565. The molecule has 1 aromatic rings. The highest BCUT2D eigenvalue weighted by Gasteiger charge is 2.51. The second-order valence-corrected chi connectivity index (χ2v) is 9.35. The molecule has 1 aromatic carbocycles. The predicted molar refractivity (Wildman–Crippen MR) is 103 cm³/mol. The van der Waals surface area contributed by atoms with Crippen molar-refractivity contribution in [3.05, 3.63) is 41.0 Å². The van der Waals surface area contributed by atoms with Crippen LogP contribution in [0.2, 0.25) is 0 Å². The Balaban J connectivity index is 1.33. The van der Waals surface area contributed by atoms with E-state index in [-0.39, 0.29) is 11.5 Å². The van der Waals surface area contributed by atoms with Crippen molar-refractivity contribution in [2.75, 3.05) is 5.32 Å². The molecule has 1 amide bonds. The van der Waals surface area contributed by atoms with Gasteiger partial charge in [0.15, 0.2) is 0 Å². The molecule has 4 saturated carbocycles. The van der Waals surface area contributed by atoms with Crippen LogP contribution in [0.25, 0.3) is 0 Å². The van der Waals surface area contributed by atoms with Crippen LogP contribution >= 0.6 is 0 Å². The van der Waals surface area contributed by atoms with Crippen molar-refractivity contribution in [1.82, 2.24) is 0 Å². The number of carbonyl (C=O) groups is 2. The molecule has 0 atom stereocenters. The van der Waals surface area contributed by atoms with Crippen LogP contribution in [0.3, 0.4) is 0 Å². The van der Waals surface area contributed by atoms with Crippen molar-refractivity contribution < 1.29 is 14.7 Å². The van der Waals surface area contributed by atoms with Crippen LogP contribution in [0, 0.1) is 17.8 Å². The zero-order chi connectivity index (χ0) is 18.6. The Kier molecular flexibility index (Phi) is 3.92. The summed E-state index contributed by atoms with van der Waals surface area (Å²) in [7, 11) is 0. The number of aliphatic carboxylic acids is 1. The molecule has 0 radical (unpaired) electrons. The highest BCUT2D eigenvalue weighted by Crippen LogP contribution is 2.60. The quantitative estimate of drug-likeness (QED) is 0.816. The Morgan fingerprint density at radius 1 is 0.889 bits per heavy atom. The summed E-state index contributed by atoms with van der Waals surface area (Å²) in [5.74, 6) is 1.53. The summed E-state index contributed by atoms with van der Waals surface area (Å²) >= 11 is 0. The number of anilines is 1. The first-order chi connectivity index (χ1) is 13.0. The average Bonchev–Trinajstić information content (AvgIpc) is 3.11. The summed E-state index contributed by atoms with van der Waals surface area (Å²) in [5, 5.41) is 12.2. The van der Waals surface area contributed by atoms with Crippen LogP contribution in [0.1, 0.15) is 63.4 Å². The Hall–Kier alpha value is -2.10. The lowest BCUT2D eigenvalue weighted by molar-refractivity contribution is -0.133. The van der Waals surface area contributed by atoms with Crippen LogP contribution in [-0.4, -0.2) is 17.0 Å². The van der Waals surface area contributed by atoms with E-state index >= 15 is 0 Å². The Bertz CT molecular complexity index is 785. The molecular formula is C23H27NO3. The first-order valence-electron chi connectivity index (χ1n) is 10.4. The van der Waals surface area contributed by atoms with Gasteiger partial charge in [-0.1, -0.05) is 12.1 Å². The zero-order valence-electron chi connectivity index (χ0n) is 15.7. The van der Waals surface area contributed by atoms with E-state index in [1.54, 1.807) is 0 Å². The lowest BCUT2D eigenvalue weighted by atomic mass is 9.48. The number of carboxylic acids is 1. The van der Waals surface area contributed by atoms with Gasteiger partial charge in [-0.2, -0.15) is 0 Å². The van der Waals surface area contributed by atoms with Gasteiger partial charge >= 0.3 is 5.97 Å². The van der Waals surface area contributed by atoms with Crippen molar-refractivity contribution >= 4 is 17.6 Å². The van der Waals surface area contributed by atoms with Crippen LogP contribution in [-0.2, 0) is 15.0 Å². The summed E-state index contributed by atoms with van der Waals surface area (Å²) in [6.45, 7) is 0. The number of carbonyl (C=O) groups excluding carboxylic acids is 1. The molecule has 142 valence electrons. The minimum Gasteiger partial charge on any atom is -0.478 e. The third kappa shape index (κ3) is 2.90. The molecule has 0 heterocycles. The van der Waals surface area contributed by atoms with Gasteiger partial charge in [0, 0.05) is 16.8 Å². The number of hydrogen-bond acceptors (Lipinski definition) is 2. The Morgan fingerprint density at radius 3 is 2.00 bits per heavy atom. The van der Waals surface area contributed by atoms with Crippen LogP contribution in [0.4, 0.5) is 5.69 Å². The molecule has 0 aliphatic heterocycles. The van der Waals surface area contributed by atoms with Crippen LogP contribution < -0.4 is 5.32 Å². The standard InChI is InChI=1S/C23H27NO3/c25-21(19-2-1-3-20(19)22(26)27)24-18-6-4-17(5-7-18)23-11-14-8-15(12-23)10-16(9-14)13-23/h4-7,14-16H,1-3,8-13H2,(H,24,25)(H,26,27). The minimum absolute atomic E-state index is 0.257. The van der Waals surface area contributed by atoms with Crippen molar-refractivity contribution in [2.24, 2.45) is 17.8 Å². The van der Waals surface area contributed by atoms with E-state index in [2.05, 4.69) is 17.4 Å². The molecule has 5 aliphatic rings. The first kappa shape index (κ1) is 17.0. The number of nitrogens with one attached hydrogen (secondary N) is 1. The van der Waals surface area contributed by atoms with E-state index < -0.39 is 5.97 Å². The first-order valence-corrected chi connectivity index (χ1v) is 10.4. The van der Waals surface area contributed by atoms with Gasteiger partial charge in [-0.3, -0.25) is 4.79 Å². The average molecular weight is 365 g/mol. The van der Waals surface area contributed by atoms with Crippen molar-refractivity contribution in [1.29, 1.82) is 0 Å². The third-order valence-electron chi connectivity index (χ3n) is 7.54.